The summed E-state index contributed by atoms with van der Waals surface area (Å²) in [4.78, 5) is 14.5. The molecule has 6 nitrogen and oxygen atoms in total. The zero-order chi connectivity index (χ0) is 14.8. The fourth-order valence-corrected chi connectivity index (χ4v) is 2.15. The summed E-state index contributed by atoms with van der Waals surface area (Å²) in [5, 5.41) is 13.8. The smallest absolute Gasteiger partial charge is 0.295 e. The molecule has 1 heterocycles. The second-order valence-electron chi connectivity index (χ2n) is 4.41. The molecule has 1 N–H and O–H groups in total. The van der Waals surface area contributed by atoms with Crippen LogP contribution >= 0.6 is 15.9 Å². The Morgan fingerprint density at radius 1 is 1.24 bits per heavy atom. The molecule has 0 saturated heterocycles. The van der Waals surface area contributed by atoms with Gasteiger partial charge in [0, 0.05) is 23.2 Å². The maximum atomic E-state index is 10.7. The van der Waals surface area contributed by atoms with Gasteiger partial charge in [-0.05, 0) is 23.8 Å². The molecule has 0 fully saturated rings. The Labute approximate surface area is 128 Å². The van der Waals surface area contributed by atoms with Crippen molar-refractivity contribution < 1.29 is 9.34 Å². The zero-order valence-electron chi connectivity index (χ0n) is 10.7. The number of fused-ring (bicyclic) bond motifs is 1. The van der Waals surface area contributed by atoms with Crippen molar-refractivity contribution in [1.29, 1.82) is 0 Å². The standard InChI is InChI=1S/C14H10BrN3O3/c15-10-3-1-9(2-4-10)8-16-14-17-12-7-11(18(19)20)5-6-13(12)21-14/h1-7H,8H2,(H,16,17). The van der Waals surface area contributed by atoms with Gasteiger partial charge in [0.25, 0.3) is 11.7 Å². The first-order chi connectivity index (χ1) is 10.1. The highest BCUT2D eigenvalue weighted by Gasteiger charge is 2.11. The number of nitrogens with zero attached hydrogens (tertiary/aromatic N) is 2. The SMILES string of the molecule is O=[N+]([O-])c1ccc2oc(NCc3ccc(Br)cc3)nc2c1. The molecule has 0 spiro atoms. The van der Waals surface area contributed by atoms with Crippen molar-refractivity contribution >= 4 is 38.7 Å². The van der Waals surface area contributed by atoms with Crippen molar-refractivity contribution in [3.8, 4) is 0 Å². The number of rotatable bonds is 4. The van der Waals surface area contributed by atoms with E-state index >= 15 is 0 Å². The van der Waals surface area contributed by atoms with E-state index in [0.29, 0.717) is 23.7 Å². The number of aromatic nitrogens is 1. The van der Waals surface area contributed by atoms with E-state index in [0.717, 1.165) is 10.0 Å². The molecule has 0 bridgehead atoms. The maximum Gasteiger partial charge on any atom is 0.295 e. The van der Waals surface area contributed by atoms with Crippen LogP contribution in [0.1, 0.15) is 5.56 Å². The van der Waals surface area contributed by atoms with E-state index in [1.165, 1.54) is 12.1 Å². The van der Waals surface area contributed by atoms with Crippen molar-refractivity contribution in [2.45, 2.75) is 6.54 Å². The van der Waals surface area contributed by atoms with Crippen LogP contribution in [0.3, 0.4) is 0 Å². The molecule has 106 valence electrons. The molecule has 0 amide bonds. The lowest BCUT2D eigenvalue weighted by Gasteiger charge is -2.01. The number of halogens is 1. The molecule has 0 atom stereocenters. The van der Waals surface area contributed by atoms with Gasteiger partial charge < -0.3 is 9.73 Å². The number of non-ortho nitro benzene ring substituents is 1. The fourth-order valence-electron chi connectivity index (χ4n) is 1.88. The minimum absolute atomic E-state index is 0.00439. The van der Waals surface area contributed by atoms with Crippen LogP contribution in [0.2, 0.25) is 0 Å². The van der Waals surface area contributed by atoms with Gasteiger partial charge in [-0.1, -0.05) is 28.1 Å². The van der Waals surface area contributed by atoms with Gasteiger partial charge in [-0.3, -0.25) is 10.1 Å². The molecule has 0 radical (unpaired) electrons. The molecule has 0 aliphatic carbocycles. The van der Waals surface area contributed by atoms with E-state index < -0.39 is 4.92 Å². The quantitative estimate of drug-likeness (QED) is 0.567. The number of anilines is 1. The maximum absolute atomic E-state index is 10.7. The molecule has 1 aromatic heterocycles. The lowest BCUT2D eigenvalue weighted by Crippen LogP contribution is -1.98. The molecule has 3 aromatic rings. The molecule has 7 heteroatoms. The summed E-state index contributed by atoms with van der Waals surface area (Å²) >= 11 is 3.38. The highest BCUT2D eigenvalue weighted by molar-refractivity contribution is 9.10. The van der Waals surface area contributed by atoms with E-state index in [2.05, 4.69) is 26.2 Å². The molecule has 21 heavy (non-hydrogen) atoms. The van der Waals surface area contributed by atoms with Crippen LogP contribution in [-0.4, -0.2) is 9.91 Å². The molecule has 0 saturated carbocycles. The Kier molecular flexibility index (Phi) is 3.57. The number of nitrogens with one attached hydrogen (secondary N) is 1. The topological polar surface area (TPSA) is 81.2 Å². The fraction of sp³-hybridized carbons (Fsp3) is 0.0714. The first-order valence-corrected chi connectivity index (χ1v) is 6.94. The minimum Gasteiger partial charge on any atom is -0.424 e. The van der Waals surface area contributed by atoms with Crippen molar-refractivity contribution in [3.63, 3.8) is 0 Å². The van der Waals surface area contributed by atoms with Crippen LogP contribution in [0.25, 0.3) is 11.1 Å². The first kappa shape index (κ1) is 13.6. The second-order valence-corrected chi connectivity index (χ2v) is 5.32. The molecule has 0 aliphatic heterocycles. The van der Waals surface area contributed by atoms with Gasteiger partial charge in [0.05, 0.1) is 4.92 Å². The summed E-state index contributed by atoms with van der Waals surface area (Å²) in [6, 6.07) is 12.5. The van der Waals surface area contributed by atoms with E-state index in [4.69, 9.17) is 4.42 Å². The number of benzene rings is 2. The normalized spacial score (nSPS) is 10.7. The van der Waals surface area contributed by atoms with Gasteiger partial charge in [0.15, 0.2) is 5.58 Å². The summed E-state index contributed by atoms with van der Waals surface area (Å²) in [7, 11) is 0. The van der Waals surface area contributed by atoms with Crippen LogP contribution in [0.5, 0.6) is 0 Å². The minimum atomic E-state index is -0.455. The van der Waals surface area contributed by atoms with Gasteiger partial charge in [-0.25, -0.2) is 0 Å². The van der Waals surface area contributed by atoms with Gasteiger partial charge in [-0.15, -0.1) is 0 Å². The van der Waals surface area contributed by atoms with Crippen LogP contribution in [-0.2, 0) is 6.54 Å². The third kappa shape index (κ3) is 3.03. The first-order valence-electron chi connectivity index (χ1n) is 6.15. The second kappa shape index (κ2) is 5.53. The van der Waals surface area contributed by atoms with E-state index in [9.17, 15) is 10.1 Å². The number of oxazole rings is 1. The van der Waals surface area contributed by atoms with Gasteiger partial charge >= 0.3 is 0 Å². The van der Waals surface area contributed by atoms with Gasteiger partial charge in [0.2, 0.25) is 0 Å². The Hall–Kier alpha value is -2.41. The van der Waals surface area contributed by atoms with E-state index in [1.807, 2.05) is 24.3 Å². The van der Waals surface area contributed by atoms with Crippen molar-refractivity contribution in [2.24, 2.45) is 0 Å². The molecule has 2 aromatic carbocycles. The summed E-state index contributed by atoms with van der Waals surface area (Å²) < 4.78 is 6.51. The van der Waals surface area contributed by atoms with Crippen LogP contribution in [0, 0.1) is 10.1 Å². The highest BCUT2D eigenvalue weighted by Crippen LogP contribution is 2.23. The van der Waals surface area contributed by atoms with Crippen molar-refractivity contribution in [2.75, 3.05) is 5.32 Å². The van der Waals surface area contributed by atoms with Crippen LogP contribution < -0.4 is 5.32 Å². The molecular formula is C14H10BrN3O3. The Morgan fingerprint density at radius 3 is 2.71 bits per heavy atom. The molecule has 3 rings (SSSR count). The summed E-state index contributed by atoms with van der Waals surface area (Å²) in [6.07, 6.45) is 0. The number of nitro benzene ring substituents is 1. The molecule has 0 unspecified atom stereocenters. The van der Waals surface area contributed by atoms with Crippen molar-refractivity contribution in [3.05, 3.63) is 62.6 Å². The monoisotopic (exact) mass is 347 g/mol. The highest BCUT2D eigenvalue weighted by atomic mass is 79.9. The Bertz CT molecular complexity index is 799. The van der Waals surface area contributed by atoms with Gasteiger partial charge in [-0.2, -0.15) is 4.98 Å². The largest absolute Gasteiger partial charge is 0.424 e. The lowest BCUT2D eigenvalue weighted by molar-refractivity contribution is -0.384. The predicted octanol–water partition coefficient (Wildman–Crippen LogP) is 4.11. The Morgan fingerprint density at radius 2 is 2.00 bits per heavy atom. The van der Waals surface area contributed by atoms with E-state index in [1.54, 1.807) is 6.07 Å². The summed E-state index contributed by atoms with van der Waals surface area (Å²) in [5.41, 5.74) is 2.04. The summed E-state index contributed by atoms with van der Waals surface area (Å²) in [5.74, 6) is 0. The molecule has 0 aliphatic rings. The number of nitro groups is 1. The lowest BCUT2D eigenvalue weighted by atomic mass is 10.2. The van der Waals surface area contributed by atoms with Gasteiger partial charge in [0.1, 0.15) is 5.52 Å². The van der Waals surface area contributed by atoms with Crippen LogP contribution in [0.15, 0.2) is 51.4 Å². The number of hydrogen-bond donors (Lipinski definition) is 1. The zero-order valence-corrected chi connectivity index (χ0v) is 12.3. The van der Waals surface area contributed by atoms with Crippen LogP contribution in [0.4, 0.5) is 11.7 Å². The van der Waals surface area contributed by atoms with Crippen molar-refractivity contribution in [1.82, 2.24) is 4.98 Å². The third-order valence-corrected chi connectivity index (χ3v) is 3.47. The summed E-state index contributed by atoms with van der Waals surface area (Å²) in [6.45, 7) is 0.558. The average molecular weight is 348 g/mol. The Balaban J connectivity index is 1.78. The third-order valence-electron chi connectivity index (χ3n) is 2.94. The average Bonchev–Trinajstić information content (AvgIpc) is 2.88. The predicted molar refractivity (Wildman–Crippen MR) is 82.1 cm³/mol. The number of hydrogen-bond acceptors (Lipinski definition) is 5. The molecular weight excluding hydrogens is 338 g/mol. The van der Waals surface area contributed by atoms with E-state index in [-0.39, 0.29) is 5.69 Å².